The van der Waals surface area contributed by atoms with Crippen molar-refractivity contribution >= 4 is 17.8 Å². The maximum Gasteiger partial charge on any atom is 0.308 e. The van der Waals surface area contributed by atoms with Crippen LogP contribution in [0.2, 0.25) is 0 Å². The van der Waals surface area contributed by atoms with Gasteiger partial charge in [0.1, 0.15) is 11.5 Å². The van der Waals surface area contributed by atoms with E-state index in [2.05, 4.69) is 0 Å². The number of ether oxygens (including phenoxy) is 2. The molecule has 0 aliphatic carbocycles. The molecule has 0 unspecified atom stereocenters. The van der Waals surface area contributed by atoms with Gasteiger partial charge >= 0.3 is 5.97 Å². The van der Waals surface area contributed by atoms with Crippen LogP contribution in [0.15, 0.2) is 42.5 Å². The van der Waals surface area contributed by atoms with Crippen LogP contribution in [-0.2, 0) is 9.59 Å². The van der Waals surface area contributed by atoms with E-state index in [1.807, 2.05) is 36.9 Å². The highest BCUT2D eigenvalue weighted by molar-refractivity contribution is 5.94. The molecule has 0 aromatic heterocycles. The van der Waals surface area contributed by atoms with E-state index in [-0.39, 0.29) is 11.8 Å². The number of rotatable bonds is 7. The van der Waals surface area contributed by atoms with Crippen molar-refractivity contribution in [1.29, 1.82) is 0 Å². The number of nitrogens with zero attached hydrogens (tertiary/aromatic N) is 2. The molecule has 1 heterocycles. The molecule has 1 fully saturated rings. The monoisotopic (exact) mass is 452 g/mol. The van der Waals surface area contributed by atoms with E-state index in [0.717, 1.165) is 23.3 Å². The Balaban J connectivity index is 1.47. The number of hydrogen-bond acceptors (Lipinski definition) is 5. The van der Waals surface area contributed by atoms with E-state index < -0.39 is 5.97 Å². The maximum atomic E-state index is 12.9. The second kappa shape index (κ2) is 11.5. The van der Waals surface area contributed by atoms with Crippen LogP contribution >= 0.6 is 0 Å². The van der Waals surface area contributed by atoms with Crippen LogP contribution in [-0.4, -0.2) is 60.4 Å². The van der Waals surface area contributed by atoms with Crippen molar-refractivity contribution < 1.29 is 23.9 Å². The molecular weight excluding hydrogens is 420 g/mol. The molecule has 33 heavy (non-hydrogen) atoms. The highest BCUT2D eigenvalue weighted by atomic mass is 16.5. The molecule has 0 radical (unpaired) electrons. The molecule has 3 rings (SSSR count). The highest BCUT2D eigenvalue weighted by Crippen LogP contribution is 2.22. The van der Waals surface area contributed by atoms with Gasteiger partial charge in [0.25, 0.3) is 5.91 Å². The van der Waals surface area contributed by atoms with Crippen LogP contribution in [0.5, 0.6) is 11.5 Å². The van der Waals surface area contributed by atoms with Crippen LogP contribution < -0.4 is 9.47 Å². The first-order valence-corrected chi connectivity index (χ1v) is 11.4. The molecular formula is C26H32N2O5. The van der Waals surface area contributed by atoms with Crippen LogP contribution in [0.3, 0.4) is 0 Å². The van der Waals surface area contributed by atoms with Gasteiger partial charge in [0.05, 0.1) is 6.61 Å². The van der Waals surface area contributed by atoms with Gasteiger partial charge in [-0.3, -0.25) is 14.4 Å². The average Bonchev–Trinajstić information content (AvgIpc) is 3.04. The lowest BCUT2D eigenvalue weighted by Crippen LogP contribution is -2.37. The fourth-order valence-corrected chi connectivity index (χ4v) is 3.99. The highest BCUT2D eigenvalue weighted by Gasteiger charge is 2.23. The van der Waals surface area contributed by atoms with Gasteiger partial charge in [0, 0.05) is 45.1 Å². The summed E-state index contributed by atoms with van der Waals surface area (Å²) in [7, 11) is 0. The number of carbonyl (C=O) groups is 3. The van der Waals surface area contributed by atoms with Gasteiger partial charge in [-0.2, -0.15) is 0 Å². The SMILES string of the molecule is CC(=O)Oc1cccc(C(=O)N2CCCN(C(=O)CCCOc3c(C)cccc3C)CC2)c1. The fraction of sp³-hybridized carbons (Fsp3) is 0.423. The molecule has 2 aromatic rings. The van der Waals surface area contributed by atoms with Crippen LogP contribution in [0.25, 0.3) is 0 Å². The Labute approximate surface area is 195 Å². The second-order valence-electron chi connectivity index (χ2n) is 8.32. The predicted octanol–water partition coefficient (Wildman–Crippen LogP) is 3.76. The number of esters is 1. The summed E-state index contributed by atoms with van der Waals surface area (Å²) in [5.74, 6) is 0.782. The molecule has 0 bridgehead atoms. The minimum absolute atomic E-state index is 0.0891. The summed E-state index contributed by atoms with van der Waals surface area (Å²) in [5.41, 5.74) is 2.66. The largest absolute Gasteiger partial charge is 0.493 e. The molecule has 2 amide bonds. The number of benzene rings is 2. The predicted molar refractivity (Wildman–Crippen MR) is 125 cm³/mol. The molecule has 0 N–H and O–H groups in total. The van der Waals surface area contributed by atoms with Crippen molar-refractivity contribution in [2.45, 2.75) is 40.0 Å². The number of hydrogen-bond donors (Lipinski definition) is 0. The standard InChI is InChI=1S/C26H32N2O5/c1-19-8-4-9-20(2)25(19)32-17-6-12-24(30)27-13-7-14-28(16-15-27)26(31)22-10-5-11-23(18-22)33-21(3)29/h4-5,8-11,18H,6-7,12-17H2,1-3H3. The van der Waals surface area contributed by atoms with E-state index in [1.54, 1.807) is 29.2 Å². The fourth-order valence-electron chi connectivity index (χ4n) is 3.99. The number of para-hydroxylation sites is 1. The summed E-state index contributed by atoms with van der Waals surface area (Å²) in [6, 6.07) is 12.7. The average molecular weight is 453 g/mol. The quantitative estimate of drug-likeness (QED) is 0.363. The summed E-state index contributed by atoms with van der Waals surface area (Å²) in [4.78, 5) is 40.4. The molecule has 1 aliphatic heterocycles. The Bertz CT molecular complexity index is 984. The van der Waals surface area contributed by atoms with Crippen molar-refractivity contribution in [1.82, 2.24) is 9.80 Å². The van der Waals surface area contributed by atoms with E-state index >= 15 is 0 Å². The molecule has 0 spiro atoms. The molecule has 7 heteroatoms. The number of aryl methyl sites for hydroxylation is 2. The third kappa shape index (κ3) is 6.81. The molecule has 1 saturated heterocycles. The van der Waals surface area contributed by atoms with E-state index in [1.165, 1.54) is 6.92 Å². The van der Waals surface area contributed by atoms with Gasteiger partial charge in [-0.15, -0.1) is 0 Å². The van der Waals surface area contributed by atoms with E-state index in [4.69, 9.17) is 9.47 Å². The van der Waals surface area contributed by atoms with E-state index in [0.29, 0.717) is 56.9 Å². The third-order valence-electron chi connectivity index (χ3n) is 5.67. The van der Waals surface area contributed by atoms with E-state index in [9.17, 15) is 14.4 Å². The molecule has 0 saturated carbocycles. The Morgan fingerprint density at radius 3 is 2.30 bits per heavy atom. The normalized spacial score (nSPS) is 13.9. The smallest absolute Gasteiger partial charge is 0.308 e. The zero-order valence-electron chi connectivity index (χ0n) is 19.6. The lowest BCUT2D eigenvalue weighted by Gasteiger charge is -2.22. The van der Waals surface area contributed by atoms with Gasteiger partial charge in [-0.05, 0) is 56.0 Å². The van der Waals surface area contributed by atoms with Gasteiger partial charge < -0.3 is 19.3 Å². The Morgan fingerprint density at radius 1 is 0.909 bits per heavy atom. The zero-order chi connectivity index (χ0) is 23.8. The molecule has 176 valence electrons. The Hall–Kier alpha value is -3.35. The summed E-state index contributed by atoms with van der Waals surface area (Å²) in [5, 5.41) is 0. The van der Waals surface area contributed by atoms with Crippen molar-refractivity contribution in [2.24, 2.45) is 0 Å². The third-order valence-corrected chi connectivity index (χ3v) is 5.67. The van der Waals surface area contributed by atoms with Crippen molar-refractivity contribution in [3.8, 4) is 11.5 Å². The molecule has 7 nitrogen and oxygen atoms in total. The van der Waals surface area contributed by atoms with Gasteiger partial charge in [-0.25, -0.2) is 0 Å². The summed E-state index contributed by atoms with van der Waals surface area (Å²) >= 11 is 0. The minimum atomic E-state index is -0.428. The van der Waals surface area contributed by atoms with Gasteiger partial charge in [0.2, 0.25) is 5.91 Å². The van der Waals surface area contributed by atoms with Crippen LogP contribution in [0.4, 0.5) is 0 Å². The summed E-state index contributed by atoms with van der Waals surface area (Å²) in [6.07, 6.45) is 1.79. The summed E-state index contributed by atoms with van der Waals surface area (Å²) < 4.78 is 11.0. The first-order valence-electron chi connectivity index (χ1n) is 11.4. The maximum absolute atomic E-state index is 12.9. The second-order valence-corrected chi connectivity index (χ2v) is 8.32. The molecule has 0 atom stereocenters. The number of amides is 2. The molecule has 2 aromatic carbocycles. The first-order chi connectivity index (χ1) is 15.8. The minimum Gasteiger partial charge on any atom is -0.493 e. The topological polar surface area (TPSA) is 76.2 Å². The van der Waals surface area contributed by atoms with Crippen molar-refractivity contribution in [2.75, 3.05) is 32.8 Å². The van der Waals surface area contributed by atoms with Crippen LogP contribution in [0, 0.1) is 13.8 Å². The van der Waals surface area contributed by atoms with Gasteiger partial charge in [-0.1, -0.05) is 24.3 Å². The van der Waals surface area contributed by atoms with Crippen molar-refractivity contribution in [3.05, 3.63) is 59.2 Å². The van der Waals surface area contributed by atoms with Crippen molar-refractivity contribution in [3.63, 3.8) is 0 Å². The first kappa shape index (κ1) is 24.3. The van der Waals surface area contributed by atoms with Crippen LogP contribution in [0.1, 0.15) is 47.7 Å². The molecule has 1 aliphatic rings. The van der Waals surface area contributed by atoms with Gasteiger partial charge in [0.15, 0.2) is 0 Å². The number of carbonyl (C=O) groups excluding carboxylic acids is 3. The lowest BCUT2D eigenvalue weighted by molar-refractivity contribution is -0.132. The zero-order valence-corrected chi connectivity index (χ0v) is 19.6. The Kier molecular flexibility index (Phi) is 8.46. The lowest BCUT2D eigenvalue weighted by atomic mass is 10.1. The summed E-state index contributed by atoms with van der Waals surface area (Å²) in [6.45, 7) is 8.05. The Morgan fingerprint density at radius 2 is 1.58 bits per heavy atom.